The molecule has 2 rings (SSSR count). The zero-order chi connectivity index (χ0) is 13.0. The van der Waals surface area contributed by atoms with Crippen molar-refractivity contribution >= 4 is 11.6 Å². The predicted molar refractivity (Wildman–Crippen MR) is 75.8 cm³/mol. The molecule has 1 aromatic heterocycles. The summed E-state index contributed by atoms with van der Waals surface area (Å²) in [6.07, 6.45) is 2.69. The van der Waals surface area contributed by atoms with Crippen LogP contribution in [0.3, 0.4) is 0 Å². The molecule has 0 aliphatic rings. The van der Waals surface area contributed by atoms with Crippen LogP contribution < -0.4 is 5.73 Å². The van der Waals surface area contributed by atoms with Crippen molar-refractivity contribution in [2.45, 2.75) is 25.3 Å². The van der Waals surface area contributed by atoms with Gasteiger partial charge in [-0.1, -0.05) is 29.8 Å². The zero-order valence-electron chi connectivity index (χ0n) is 10.4. The molecule has 0 spiro atoms. The lowest BCUT2D eigenvalue weighted by molar-refractivity contribution is 0.552. The molecule has 2 unspecified atom stereocenters. The molecule has 0 aliphatic heterocycles. The standard InChI is InChI=1S/C15H17ClN2/c1-11(17)14(15-4-2-3-9-18-15)10-12-5-7-13(16)8-6-12/h2-9,11,14H,10,17H2,1H3. The van der Waals surface area contributed by atoms with Crippen molar-refractivity contribution in [1.82, 2.24) is 4.98 Å². The van der Waals surface area contributed by atoms with Gasteiger partial charge in [-0.3, -0.25) is 4.98 Å². The van der Waals surface area contributed by atoms with Crippen LogP contribution in [0.15, 0.2) is 48.7 Å². The van der Waals surface area contributed by atoms with Gasteiger partial charge in [0.2, 0.25) is 0 Å². The molecule has 2 atom stereocenters. The maximum Gasteiger partial charge on any atom is 0.0453 e. The summed E-state index contributed by atoms with van der Waals surface area (Å²) in [5.74, 6) is 0.229. The predicted octanol–water partition coefficient (Wildman–Crippen LogP) is 3.41. The fourth-order valence-electron chi connectivity index (χ4n) is 2.03. The summed E-state index contributed by atoms with van der Waals surface area (Å²) < 4.78 is 0. The Morgan fingerprint density at radius 3 is 2.44 bits per heavy atom. The third kappa shape index (κ3) is 3.31. The Morgan fingerprint density at radius 2 is 1.89 bits per heavy atom. The van der Waals surface area contributed by atoms with Crippen LogP contribution >= 0.6 is 11.6 Å². The highest BCUT2D eigenvalue weighted by molar-refractivity contribution is 6.30. The molecule has 2 aromatic rings. The number of rotatable bonds is 4. The Morgan fingerprint density at radius 1 is 1.17 bits per heavy atom. The Kier molecular flexibility index (Phi) is 4.34. The molecular formula is C15H17ClN2. The number of pyridine rings is 1. The minimum atomic E-state index is 0.0654. The Balaban J connectivity index is 2.19. The van der Waals surface area contributed by atoms with E-state index in [1.807, 2.05) is 55.6 Å². The van der Waals surface area contributed by atoms with Crippen molar-refractivity contribution in [2.75, 3.05) is 0 Å². The number of nitrogens with two attached hydrogens (primary N) is 1. The average Bonchev–Trinajstić information content (AvgIpc) is 2.38. The fraction of sp³-hybridized carbons (Fsp3) is 0.267. The molecular weight excluding hydrogens is 244 g/mol. The summed E-state index contributed by atoms with van der Waals surface area (Å²) in [4.78, 5) is 4.41. The topological polar surface area (TPSA) is 38.9 Å². The highest BCUT2D eigenvalue weighted by Crippen LogP contribution is 2.22. The summed E-state index contributed by atoms with van der Waals surface area (Å²) in [5, 5.41) is 0.758. The van der Waals surface area contributed by atoms with Gasteiger partial charge >= 0.3 is 0 Å². The first-order chi connectivity index (χ1) is 8.66. The van der Waals surface area contributed by atoms with Crippen LogP contribution in [0.2, 0.25) is 5.02 Å². The van der Waals surface area contributed by atoms with Gasteiger partial charge in [-0.25, -0.2) is 0 Å². The van der Waals surface area contributed by atoms with Crippen molar-refractivity contribution in [3.8, 4) is 0 Å². The summed E-state index contributed by atoms with van der Waals surface area (Å²) in [6, 6.07) is 13.9. The second kappa shape index (κ2) is 5.98. The van der Waals surface area contributed by atoms with E-state index in [0.717, 1.165) is 17.1 Å². The highest BCUT2D eigenvalue weighted by atomic mass is 35.5. The molecule has 0 aliphatic carbocycles. The van der Waals surface area contributed by atoms with E-state index in [4.69, 9.17) is 17.3 Å². The number of benzene rings is 1. The van der Waals surface area contributed by atoms with Gasteiger partial charge in [-0.2, -0.15) is 0 Å². The van der Waals surface area contributed by atoms with Crippen LogP contribution in [0.1, 0.15) is 24.1 Å². The van der Waals surface area contributed by atoms with Crippen molar-refractivity contribution in [1.29, 1.82) is 0 Å². The minimum absolute atomic E-state index is 0.0654. The van der Waals surface area contributed by atoms with Crippen molar-refractivity contribution in [3.63, 3.8) is 0 Å². The number of nitrogens with zero attached hydrogens (tertiary/aromatic N) is 1. The van der Waals surface area contributed by atoms with E-state index in [2.05, 4.69) is 4.98 Å². The monoisotopic (exact) mass is 260 g/mol. The Labute approximate surface area is 113 Å². The molecule has 0 fully saturated rings. The highest BCUT2D eigenvalue weighted by Gasteiger charge is 2.17. The third-order valence-corrected chi connectivity index (χ3v) is 3.32. The molecule has 18 heavy (non-hydrogen) atoms. The second-order valence-corrected chi connectivity index (χ2v) is 4.99. The van der Waals surface area contributed by atoms with Crippen molar-refractivity contribution in [3.05, 3.63) is 64.9 Å². The SMILES string of the molecule is CC(N)C(Cc1ccc(Cl)cc1)c1ccccn1. The van der Waals surface area contributed by atoms with Gasteiger partial charge in [-0.05, 0) is 43.2 Å². The van der Waals surface area contributed by atoms with Gasteiger partial charge in [0.05, 0.1) is 0 Å². The number of halogens is 1. The van der Waals surface area contributed by atoms with E-state index in [9.17, 15) is 0 Å². The molecule has 0 saturated carbocycles. The maximum absolute atomic E-state index is 6.08. The summed E-state index contributed by atoms with van der Waals surface area (Å²) in [6.45, 7) is 2.02. The van der Waals surface area contributed by atoms with Crippen LogP contribution in [0.5, 0.6) is 0 Å². The number of hydrogen-bond donors (Lipinski definition) is 1. The van der Waals surface area contributed by atoms with E-state index in [0.29, 0.717) is 0 Å². The van der Waals surface area contributed by atoms with E-state index in [1.165, 1.54) is 5.56 Å². The van der Waals surface area contributed by atoms with Gasteiger partial charge in [0.1, 0.15) is 0 Å². The zero-order valence-corrected chi connectivity index (χ0v) is 11.1. The van der Waals surface area contributed by atoms with Gasteiger partial charge in [0, 0.05) is 28.9 Å². The van der Waals surface area contributed by atoms with Crippen LogP contribution in [0.25, 0.3) is 0 Å². The van der Waals surface area contributed by atoms with Crippen molar-refractivity contribution < 1.29 is 0 Å². The summed E-state index contributed by atoms with van der Waals surface area (Å²) in [7, 11) is 0. The Bertz CT molecular complexity index is 480. The molecule has 1 heterocycles. The fourth-order valence-corrected chi connectivity index (χ4v) is 2.16. The molecule has 1 aromatic carbocycles. The van der Waals surface area contributed by atoms with Crippen LogP contribution in [-0.2, 0) is 6.42 Å². The van der Waals surface area contributed by atoms with Gasteiger partial charge in [0.25, 0.3) is 0 Å². The lowest BCUT2D eigenvalue weighted by Gasteiger charge is -2.20. The number of hydrogen-bond acceptors (Lipinski definition) is 2. The molecule has 2 N–H and O–H groups in total. The quantitative estimate of drug-likeness (QED) is 0.915. The normalized spacial score (nSPS) is 14.2. The average molecular weight is 261 g/mol. The summed E-state index contributed by atoms with van der Waals surface area (Å²) >= 11 is 5.89. The molecule has 3 heteroatoms. The van der Waals surface area contributed by atoms with Crippen molar-refractivity contribution in [2.24, 2.45) is 5.73 Å². The van der Waals surface area contributed by atoms with E-state index >= 15 is 0 Å². The van der Waals surface area contributed by atoms with Gasteiger partial charge < -0.3 is 5.73 Å². The first kappa shape index (κ1) is 13.1. The molecule has 0 bridgehead atoms. The van der Waals surface area contributed by atoms with Crippen LogP contribution in [0.4, 0.5) is 0 Å². The maximum atomic E-state index is 6.08. The number of aromatic nitrogens is 1. The molecule has 0 amide bonds. The van der Waals surface area contributed by atoms with Crippen LogP contribution in [0, 0.1) is 0 Å². The van der Waals surface area contributed by atoms with Gasteiger partial charge in [0.15, 0.2) is 0 Å². The molecule has 94 valence electrons. The second-order valence-electron chi connectivity index (χ2n) is 4.55. The molecule has 2 nitrogen and oxygen atoms in total. The first-order valence-corrected chi connectivity index (χ1v) is 6.45. The summed E-state index contributed by atoms with van der Waals surface area (Å²) in [5.41, 5.74) is 8.35. The third-order valence-electron chi connectivity index (χ3n) is 3.07. The molecule has 0 saturated heterocycles. The minimum Gasteiger partial charge on any atom is -0.327 e. The lowest BCUT2D eigenvalue weighted by atomic mass is 9.90. The van der Waals surface area contributed by atoms with E-state index in [-0.39, 0.29) is 12.0 Å². The lowest BCUT2D eigenvalue weighted by Crippen LogP contribution is -2.27. The smallest absolute Gasteiger partial charge is 0.0453 e. The largest absolute Gasteiger partial charge is 0.327 e. The Hall–Kier alpha value is -1.38. The van der Waals surface area contributed by atoms with Crippen LogP contribution in [-0.4, -0.2) is 11.0 Å². The first-order valence-electron chi connectivity index (χ1n) is 6.08. The van der Waals surface area contributed by atoms with Gasteiger partial charge in [-0.15, -0.1) is 0 Å². The van der Waals surface area contributed by atoms with E-state index in [1.54, 1.807) is 0 Å². The van der Waals surface area contributed by atoms with E-state index < -0.39 is 0 Å². The molecule has 0 radical (unpaired) electrons.